The molecule has 0 bridgehead atoms. The number of methoxy groups -OCH3 is 1. The molecule has 0 spiro atoms. The van der Waals surface area contributed by atoms with Crippen molar-refractivity contribution in [3.63, 3.8) is 0 Å². The summed E-state index contributed by atoms with van der Waals surface area (Å²) >= 11 is 4.99. The highest BCUT2D eigenvalue weighted by molar-refractivity contribution is 7.71. The molecule has 2 heterocycles. The number of rotatable bonds is 6. The summed E-state index contributed by atoms with van der Waals surface area (Å²) in [5, 5.41) is 20.1. The van der Waals surface area contributed by atoms with E-state index in [0.717, 1.165) is 11.7 Å². The van der Waals surface area contributed by atoms with E-state index in [1.165, 1.54) is 6.20 Å². The molecule has 1 aliphatic heterocycles. The van der Waals surface area contributed by atoms with E-state index in [4.69, 9.17) is 26.7 Å². The molecule has 0 saturated carbocycles. The zero-order valence-corrected chi connectivity index (χ0v) is 15.1. The molecule has 1 aromatic heterocycles. The second-order valence-electron chi connectivity index (χ2n) is 5.41. The van der Waals surface area contributed by atoms with E-state index in [-0.39, 0.29) is 16.8 Å². The molecule has 0 aliphatic carbocycles. The first-order chi connectivity index (χ1) is 12.0. The minimum atomic E-state index is -4.80. The van der Waals surface area contributed by atoms with Crippen LogP contribution in [0.2, 0.25) is 0 Å². The van der Waals surface area contributed by atoms with Crippen LogP contribution in [0.4, 0.5) is 0 Å². The predicted octanol–water partition coefficient (Wildman–Crippen LogP) is -1.65. The zero-order chi connectivity index (χ0) is 19.6. The van der Waals surface area contributed by atoms with Crippen molar-refractivity contribution < 1.29 is 43.4 Å². The molecule has 12 nitrogen and oxygen atoms in total. The van der Waals surface area contributed by atoms with Gasteiger partial charge in [0.1, 0.15) is 18.3 Å². The van der Waals surface area contributed by atoms with E-state index in [2.05, 4.69) is 14.2 Å². The quantitative estimate of drug-likeness (QED) is 0.205. The molecule has 1 aromatic rings. The summed E-state index contributed by atoms with van der Waals surface area (Å²) in [5.41, 5.74) is -0.656. The summed E-state index contributed by atoms with van der Waals surface area (Å²) in [6.45, 7) is -0.690. The normalized spacial score (nSPS) is 26.0. The standard InChI is InChI=1S/C12H17N2O10PS/c1-22-7(15)2-5-3-14(12(26)13-10(5)18)11-9(17)8(16)6(24-11)4-23-25(19,20)21/h3,6,8-9,11,16-17H,2,4H2,1H3,(H,13,18,26)(H2,19,20,21)/t6-,8-,9-,11-/m1/s1. The van der Waals surface area contributed by atoms with Crippen LogP contribution in [0.25, 0.3) is 0 Å². The number of ether oxygens (including phenoxy) is 2. The number of phosphoric ester groups is 1. The van der Waals surface area contributed by atoms with Crippen LogP contribution >= 0.6 is 20.0 Å². The number of carbonyl (C=O) groups is 1. The van der Waals surface area contributed by atoms with Crippen LogP contribution < -0.4 is 5.56 Å². The Labute approximate surface area is 151 Å². The monoisotopic (exact) mass is 412 g/mol. The first-order valence-corrected chi connectivity index (χ1v) is 9.10. The number of aliphatic hydroxyl groups is 2. The lowest BCUT2D eigenvalue weighted by Crippen LogP contribution is -2.34. The number of carbonyl (C=O) groups excluding carboxylic acids is 1. The van der Waals surface area contributed by atoms with Gasteiger partial charge in [-0.3, -0.25) is 23.7 Å². The molecule has 4 atom stereocenters. The Kier molecular flexibility index (Phi) is 6.47. The molecular weight excluding hydrogens is 395 g/mol. The van der Waals surface area contributed by atoms with Gasteiger partial charge in [-0.25, -0.2) is 4.57 Å². The Morgan fingerprint density at radius 2 is 2.08 bits per heavy atom. The van der Waals surface area contributed by atoms with Gasteiger partial charge in [0, 0.05) is 11.8 Å². The maximum atomic E-state index is 11.9. The minimum Gasteiger partial charge on any atom is -0.469 e. The summed E-state index contributed by atoms with van der Waals surface area (Å²) in [7, 11) is -3.65. The van der Waals surface area contributed by atoms with Crippen LogP contribution in [-0.2, 0) is 29.8 Å². The van der Waals surface area contributed by atoms with Crippen molar-refractivity contribution >= 4 is 26.0 Å². The van der Waals surface area contributed by atoms with Gasteiger partial charge in [-0.1, -0.05) is 0 Å². The van der Waals surface area contributed by atoms with Crippen molar-refractivity contribution in [3.05, 3.63) is 26.9 Å². The van der Waals surface area contributed by atoms with Crippen LogP contribution in [0.15, 0.2) is 11.0 Å². The van der Waals surface area contributed by atoms with Gasteiger partial charge in [0.2, 0.25) is 0 Å². The number of H-pyrrole nitrogens is 1. The van der Waals surface area contributed by atoms with Crippen molar-refractivity contribution in [1.29, 1.82) is 0 Å². The number of aromatic amines is 1. The number of nitrogens with zero attached hydrogens (tertiary/aromatic N) is 1. The van der Waals surface area contributed by atoms with Crippen molar-refractivity contribution in [2.24, 2.45) is 0 Å². The maximum Gasteiger partial charge on any atom is 0.469 e. The summed E-state index contributed by atoms with van der Waals surface area (Å²) in [6, 6.07) is 0. The van der Waals surface area contributed by atoms with Crippen molar-refractivity contribution in [1.82, 2.24) is 9.55 Å². The Balaban J connectivity index is 2.28. The van der Waals surface area contributed by atoms with E-state index in [1.807, 2.05) is 0 Å². The number of esters is 1. The fourth-order valence-corrected chi connectivity index (χ4v) is 2.93. The third-order valence-electron chi connectivity index (χ3n) is 3.62. The van der Waals surface area contributed by atoms with E-state index < -0.39 is 50.5 Å². The lowest BCUT2D eigenvalue weighted by atomic mass is 10.1. The van der Waals surface area contributed by atoms with Gasteiger partial charge in [0.15, 0.2) is 11.0 Å². The van der Waals surface area contributed by atoms with Gasteiger partial charge in [-0.2, -0.15) is 0 Å². The summed E-state index contributed by atoms with van der Waals surface area (Å²) in [4.78, 5) is 43.0. The van der Waals surface area contributed by atoms with Gasteiger partial charge < -0.3 is 29.5 Å². The van der Waals surface area contributed by atoms with E-state index >= 15 is 0 Å². The maximum absolute atomic E-state index is 11.9. The summed E-state index contributed by atoms with van der Waals surface area (Å²) < 4.78 is 25.8. The molecule has 14 heteroatoms. The van der Waals surface area contributed by atoms with Gasteiger partial charge in [0.25, 0.3) is 5.56 Å². The van der Waals surface area contributed by atoms with E-state index in [0.29, 0.717) is 0 Å². The zero-order valence-electron chi connectivity index (χ0n) is 13.3. The molecular formula is C12H17N2O10PS. The Morgan fingerprint density at radius 3 is 2.65 bits per heavy atom. The number of hydrogen-bond donors (Lipinski definition) is 5. The van der Waals surface area contributed by atoms with Gasteiger partial charge in [-0.05, 0) is 12.2 Å². The molecule has 146 valence electrons. The molecule has 0 unspecified atom stereocenters. The lowest BCUT2D eigenvalue weighted by molar-refractivity contribution is -0.139. The van der Waals surface area contributed by atoms with E-state index in [9.17, 15) is 24.4 Å². The van der Waals surface area contributed by atoms with Gasteiger partial charge >= 0.3 is 13.8 Å². The smallest absolute Gasteiger partial charge is 0.469 e. The van der Waals surface area contributed by atoms with Crippen LogP contribution in [0, 0.1) is 4.77 Å². The van der Waals surface area contributed by atoms with Gasteiger partial charge in [0.05, 0.1) is 20.1 Å². The third kappa shape index (κ3) is 4.84. The second-order valence-corrected chi connectivity index (χ2v) is 7.03. The van der Waals surface area contributed by atoms with E-state index in [1.54, 1.807) is 0 Å². The third-order valence-corrected chi connectivity index (χ3v) is 4.42. The highest BCUT2D eigenvalue weighted by Gasteiger charge is 2.44. The number of aliphatic hydroxyl groups excluding tert-OH is 2. The molecule has 1 saturated heterocycles. The Hall–Kier alpha value is -1.44. The molecule has 1 fully saturated rings. The fourth-order valence-electron chi connectivity index (χ4n) is 2.34. The van der Waals surface area contributed by atoms with Crippen molar-refractivity contribution in [2.45, 2.75) is 31.0 Å². The number of phosphoric acid groups is 1. The van der Waals surface area contributed by atoms with Crippen LogP contribution in [-0.4, -0.2) is 67.5 Å². The molecule has 2 rings (SSSR count). The predicted molar refractivity (Wildman–Crippen MR) is 85.5 cm³/mol. The molecule has 0 radical (unpaired) electrons. The minimum absolute atomic E-state index is 0.0225. The number of nitrogens with one attached hydrogen (secondary N) is 1. The highest BCUT2D eigenvalue weighted by atomic mass is 32.1. The first kappa shape index (κ1) is 20.9. The summed E-state index contributed by atoms with van der Waals surface area (Å²) in [5.74, 6) is -0.681. The van der Waals surface area contributed by atoms with Crippen LogP contribution in [0.1, 0.15) is 11.8 Å². The lowest BCUT2D eigenvalue weighted by Gasteiger charge is -2.19. The second kappa shape index (κ2) is 8.06. The van der Waals surface area contributed by atoms with Crippen LogP contribution in [0.3, 0.4) is 0 Å². The fraction of sp³-hybridized carbons (Fsp3) is 0.583. The van der Waals surface area contributed by atoms with Gasteiger partial charge in [-0.15, -0.1) is 0 Å². The topological polar surface area (TPSA) is 181 Å². The number of aromatic nitrogens is 2. The van der Waals surface area contributed by atoms with Crippen molar-refractivity contribution in [2.75, 3.05) is 13.7 Å². The molecule has 5 N–H and O–H groups in total. The molecule has 1 aliphatic rings. The largest absolute Gasteiger partial charge is 0.469 e. The average molecular weight is 412 g/mol. The number of hydrogen-bond acceptors (Lipinski definition) is 9. The van der Waals surface area contributed by atoms with Crippen molar-refractivity contribution in [3.8, 4) is 0 Å². The molecule has 0 amide bonds. The highest BCUT2D eigenvalue weighted by Crippen LogP contribution is 2.38. The first-order valence-electron chi connectivity index (χ1n) is 7.16. The Morgan fingerprint density at radius 1 is 1.42 bits per heavy atom. The Bertz CT molecular complexity index is 832. The SMILES string of the molecule is COC(=O)Cc1cn([C@@H]2O[C@H](COP(=O)(O)O)[C@@H](O)[C@H]2O)c(=S)[nH]c1=O. The molecule has 0 aromatic carbocycles. The molecule has 26 heavy (non-hydrogen) atoms. The summed E-state index contributed by atoms with van der Waals surface area (Å²) in [6.07, 6.45) is -4.81. The average Bonchev–Trinajstić information content (AvgIpc) is 2.82. The van der Waals surface area contributed by atoms with Crippen LogP contribution in [0.5, 0.6) is 0 Å².